The first-order valence-electron chi connectivity index (χ1n) is 7.11. The molecule has 2 nitrogen and oxygen atoms in total. The van der Waals surface area contributed by atoms with E-state index < -0.39 is 0 Å². The lowest BCUT2D eigenvalue weighted by atomic mass is 9.84. The average Bonchev–Trinajstić information content (AvgIpc) is 2.69. The number of hydrogen-bond donors (Lipinski definition) is 1. The summed E-state index contributed by atoms with van der Waals surface area (Å²) in [5, 5.41) is 3.59. The van der Waals surface area contributed by atoms with Crippen molar-refractivity contribution in [2.75, 3.05) is 26.2 Å². The first kappa shape index (κ1) is 12.4. The Bertz CT molecular complexity index is 207. The largest absolute Gasteiger partial charge is 0.314 e. The molecule has 1 atom stereocenters. The summed E-state index contributed by atoms with van der Waals surface area (Å²) in [5.41, 5.74) is 0.559. The van der Waals surface area contributed by atoms with Crippen LogP contribution in [-0.2, 0) is 0 Å². The Kier molecular flexibility index (Phi) is 4.26. The molecule has 16 heavy (non-hydrogen) atoms. The number of rotatable bonds is 4. The minimum absolute atomic E-state index is 0.559. The van der Waals surface area contributed by atoms with Crippen LogP contribution in [0.25, 0.3) is 0 Å². The fourth-order valence-electron chi connectivity index (χ4n) is 3.30. The summed E-state index contributed by atoms with van der Waals surface area (Å²) in [6.45, 7) is 10.0. The Labute approximate surface area is 101 Å². The van der Waals surface area contributed by atoms with E-state index in [0.717, 1.165) is 6.04 Å². The second-order valence-corrected chi connectivity index (χ2v) is 6.48. The van der Waals surface area contributed by atoms with Gasteiger partial charge < -0.3 is 10.2 Å². The highest BCUT2D eigenvalue weighted by molar-refractivity contribution is 4.80. The van der Waals surface area contributed by atoms with Crippen LogP contribution in [0, 0.1) is 5.41 Å². The highest BCUT2D eigenvalue weighted by atomic mass is 15.1. The van der Waals surface area contributed by atoms with Gasteiger partial charge in [-0.3, -0.25) is 0 Å². The van der Waals surface area contributed by atoms with Crippen LogP contribution in [0.2, 0.25) is 0 Å². The summed E-state index contributed by atoms with van der Waals surface area (Å²) in [4.78, 5) is 2.68. The summed E-state index contributed by atoms with van der Waals surface area (Å²) >= 11 is 0. The van der Waals surface area contributed by atoms with Crippen LogP contribution in [-0.4, -0.2) is 37.1 Å². The van der Waals surface area contributed by atoms with E-state index in [2.05, 4.69) is 24.1 Å². The van der Waals surface area contributed by atoms with Crippen LogP contribution < -0.4 is 5.32 Å². The van der Waals surface area contributed by atoms with Gasteiger partial charge in [0.1, 0.15) is 0 Å². The molecule has 0 aromatic heterocycles. The van der Waals surface area contributed by atoms with Crippen LogP contribution in [0.3, 0.4) is 0 Å². The van der Waals surface area contributed by atoms with E-state index in [1.165, 1.54) is 64.7 Å². The molecule has 2 rings (SSSR count). The monoisotopic (exact) mass is 224 g/mol. The van der Waals surface area contributed by atoms with Crippen LogP contribution in [0.4, 0.5) is 0 Å². The summed E-state index contributed by atoms with van der Waals surface area (Å²) in [6.07, 6.45) is 8.37. The fraction of sp³-hybridized carbons (Fsp3) is 1.00. The number of nitrogens with one attached hydrogen (secondary N) is 1. The SMILES string of the molecule is CC1(C)CCCN(CCCC2CCCN2)C1. The zero-order valence-corrected chi connectivity index (χ0v) is 11.1. The van der Waals surface area contributed by atoms with Crippen LogP contribution in [0.1, 0.15) is 52.4 Å². The molecule has 0 aromatic rings. The molecule has 0 amide bonds. The van der Waals surface area contributed by atoms with Crippen LogP contribution >= 0.6 is 0 Å². The summed E-state index contributed by atoms with van der Waals surface area (Å²) in [5.74, 6) is 0. The van der Waals surface area contributed by atoms with Gasteiger partial charge in [-0.05, 0) is 63.6 Å². The molecule has 0 saturated carbocycles. The van der Waals surface area contributed by atoms with Gasteiger partial charge in [0.15, 0.2) is 0 Å². The van der Waals surface area contributed by atoms with E-state index in [0.29, 0.717) is 5.41 Å². The van der Waals surface area contributed by atoms with Crippen molar-refractivity contribution in [3.05, 3.63) is 0 Å². The van der Waals surface area contributed by atoms with Gasteiger partial charge in [0.05, 0.1) is 0 Å². The van der Waals surface area contributed by atoms with Crippen LogP contribution in [0.5, 0.6) is 0 Å². The predicted molar refractivity (Wildman–Crippen MR) is 69.7 cm³/mol. The molecule has 0 aromatic carbocycles. The van der Waals surface area contributed by atoms with Crippen LogP contribution in [0.15, 0.2) is 0 Å². The Hall–Kier alpha value is -0.0800. The summed E-state index contributed by atoms with van der Waals surface area (Å²) in [6, 6.07) is 0.831. The van der Waals surface area contributed by atoms with E-state index in [1.807, 2.05) is 0 Å². The van der Waals surface area contributed by atoms with E-state index >= 15 is 0 Å². The van der Waals surface area contributed by atoms with Gasteiger partial charge >= 0.3 is 0 Å². The van der Waals surface area contributed by atoms with Crippen molar-refractivity contribution in [2.24, 2.45) is 5.41 Å². The summed E-state index contributed by atoms with van der Waals surface area (Å²) < 4.78 is 0. The molecule has 1 unspecified atom stereocenters. The molecule has 2 fully saturated rings. The maximum atomic E-state index is 3.59. The highest BCUT2D eigenvalue weighted by Crippen LogP contribution is 2.28. The smallest absolute Gasteiger partial charge is 0.00680 e. The Balaban J connectivity index is 1.61. The molecule has 2 heterocycles. The van der Waals surface area contributed by atoms with E-state index in [1.54, 1.807) is 0 Å². The molecule has 0 radical (unpaired) electrons. The van der Waals surface area contributed by atoms with Gasteiger partial charge in [0.25, 0.3) is 0 Å². The molecular formula is C14H28N2. The molecule has 2 aliphatic rings. The number of hydrogen-bond acceptors (Lipinski definition) is 2. The predicted octanol–water partition coefficient (Wildman–Crippen LogP) is 2.64. The number of nitrogens with zero attached hydrogens (tertiary/aromatic N) is 1. The third-order valence-corrected chi connectivity index (χ3v) is 4.17. The highest BCUT2D eigenvalue weighted by Gasteiger charge is 2.25. The van der Waals surface area contributed by atoms with Crippen molar-refractivity contribution in [3.8, 4) is 0 Å². The Morgan fingerprint density at radius 1 is 1.31 bits per heavy atom. The lowest BCUT2D eigenvalue weighted by Crippen LogP contribution is -2.40. The summed E-state index contributed by atoms with van der Waals surface area (Å²) in [7, 11) is 0. The molecule has 2 aliphatic heterocycles. The van der Waals surface area contributed by atoms with Crippen molar-refractivity contribution in [3.63, 3.8) is 0 Å². The fourth-order valence-corrected chi connectivity index (χ4v) is 3.30. The molecule has 1 N–H and O–H groups in total. The molecule has 0 spiro atoms. The minimum atomic E-state index is 0.559. The van der Waals surface area contributed by atoms with Crippen molar-refractivity contribution in [2.45, 2.75) is 58.4 Å². The van der Waals surface area contributed by atoms with Crippen molar-refractivity contribution in [1.29, 1.82) is 0 Å². The Morgan fingerprint density at radius 3 is 2.88 bits per heavy atom. The van der Waals surface area contributed by atoms with Gasteiger partial charge in [-0.15, -0.1) is 0 Å². The molecule has 2 saturated heterocycles. The molecule has 94 valence electrons. The Morgan fingerprint density at radius 2 is 2.19 bits per heavy atom. The van der Waals surface area contributed by atoms with E-state index in [9.17, 15) is 0 Å². The molecule has 0 bridgehead atoms. The van der Waals surface area contributed by atoms with E-state index in [-0.39, 0.29) is 0 Å². The first-order valence-corrected chi connectivity index (χ1v) is 7.11. The average molecular weight is 224 g/mol. The first-order chi connectivity index (χ1) is 7.66. The third kappa shape index (κ3) is 3.74. The van der Waals surface area contributed by atoms with Crippen molar-refractivity contribution >= 4 is 0 Å². The van der Waals surface area contributed by atoms with E-state index in [4.69, 9.17) is 0 Å². The maximum absolute atomic E-state index is 3.59. The van der Waals surface area contributed by atoms with Gasteiger partial charge in [0, 0.05) is 12.6 Å². The topological polar surface area (TPSA) is 15.3 Å². The van der Waals surface area contributed by atoms with Crippen molar-refractivity contribution < 1.29 is 0 Å². The van der Waals surface area contributed by atoms with Gasteiger partial charge in [-0.25, -0.2) is 0 Å². The van der Waals surface area contributed by atoms with Gasteiger partial charge in [0.2, 0.25) is 0 Å². The van der Waals surface area contributed by atoms with Gasteiger partial charge in [-0.2, -0.15) is 0 Å². The number of piperidine rings is 1. The second-order valence-electron chi connectivity index (χ2n) is 6.48. The van der Waals surface area contributed by atoms with Gasteiger partial charge in [-0.1, -0.05) is 13.8 Å². The standard InChI is InChI=1S/C14H28N2/c1-14(2)8-5-11-16(12-14)10-4-7-13-6-3-9-15-13/h13,15H,3-12H2,1-2H3. The van der Waals surface area contributed by atoms with Crippen molar-refractivity contribution in [1.82, 2.24) is 10.2 Å². The lowest BCUT2D eigenvalue weighted by Gasteiger charge is -2.38. The molecular weight excluding hydrogens is 196 g/mol. The lowest BCUT2D eigenvalue weighted by molar-refractivity contribution is 0.115. The maximum Gasteiger partial charge on any atom is 0.00680 e. The number of likely N-dealkylation sites (tertiary alicyclic amines) is 1. The molecule has 2 heteroatoms. The zero-order valence-electron chi connectivity index (χ0n) is 11.1. The molecule has 0 aliphatic carbocycles. The minimum Gasteiger partial charge on any atom is -0.314 e. The second kappa shape index (κ2) is 5.50. The third-order valence-electron chi connectivity index (χ3n) is 4.17. The normalized spacial score (nSPS) is 30.8. The quantitative estimate of drug-likeness (QED) is 0.790. The zero-order chi connectivity index (χ0) is 11.4.